The Labute approximate surface area is 184 Å². The molecule has 5 rings (SSSR count). The summed E-state index contributed by atoms with van der Waals surface area (Å²) in [6, 6.07) is 0.546. The zero-order chi connectivity index (χ0) is 18.3. The van der Waals surface area contributed by atoms with Crippen LogP contribution in [0.2, 0.25) is 0 Å². The summed E-state index contributed by atoms with van der Waals surface area (Å²) in [5, 5.41) is 11.0. The lowest BCUT2D eigenvalue weighted by Gasteiger charge is -2.57. The number of fused-ring (bicyclic) bond motifs is 2. The van der Waals surface area contributed by atoms with Crippen molar-refractivity contribution >= 4 is 29.9 Å². The third kappa shape index (κ3) is 3.34. The molecule has 0 amide bonds. The van der Waals surface area contributed by atoms with Crippen molar-refractivity contribution in [2.75, 3.05) is 26.2 Å². The van der Waals surface area contributed by atoms with Crippen LogP contribution in [0.3, 0.4) is 0 Å². The minimum Gasteiger partial charge on any atom is -0.377 e. The summed E-state index contributed by atoms with van der Waals surface area (Å²) in [6.45, 7) is 5.96. The largest absolute Gasteiger partial charge is 0.377 e. The number of piperidine rings is 1. The monoisotopic (exact) mass is 500 g/mol. The SMILES string of the molecule is CCN=C(NC1C2CCOC2C12CCCC2)N1CCC(c2ncn[nH]2)CC1.I. The molecule has 4 aliphatic rings. The van der Waals surface area contributed by atoms with Gasteiger partial charge in [0.15, 0.2) is 5.96 Å². The average molecular weight is 500 g/mol. The molecule has 3 heterocycles. The minimum absolute atomic E-state index is 0. The molecule has 0 radical (unpaired) electrons. The van der Waals surface area contributed by atoms with Crippen molar-refractivity contribution in [3.63, 3.8) is 0 Å². The van der Waals surface area contributed by atoms with Gasteiger partial charge in [0, 0.05) is 49.5 Å². The van der Waals surface area contributed by atoms with Gasteiger partial charge in [-0.3, -0.25) is 10.1 Å². The Balaban J connectivity index is 0.00000192. The fourth-order valence-electron chi connectivity index (χ4n) is 6.21. The Bertz CT molecular complexity index is 666. The summed E-state index contributed by atoms with van der Waals surface area (Å²) in [7, 11) is 0. The molecule has 2 saturated carbocycles. The van der Waals surface area contributed by atoms with Crippen LogP contribution in [0.15, 0.2) is 11.3 Å². The Morgan fingerprint density at radius 3 is 2.79 bits per heavy atom. The molecule has 28 heavy (non-hydrogen) atoms. The van der Waals surface area contributed by atoms with Crippen LogP contribution in [0.5, 0.6) is 0 Å². The number of halogens is 1. The maximum absolute atomic E-state index is 6.15. The second-order valence-corrected chi connectivity index (χ2v) is 8.74. The molecular weight excluding hydrogens is 467 g/mol. The minimum atomic E-state index is 0. The number of H-pyrrole nitrogens is 1. The summed E-state index contributed by atoms with van der Waals surface area (Å²) in [4.78, 5) is 11.7. The second kappa shape index (κ2) is 8.45. The summed E-state index contributed by atoms with van der Waals surface area (Å²) < 4.78 is 6.15. The van der Waals surface area contributed by atoms with Gasteiger partial charge in [-0.2, -0.15) is 5.10 Å². The molecular formula is C20H33IN6O. The number of nitrogens with one attached hydrogen (secondary N) is 2. The summed E-state index contributed by atoms with van der Waals surface area (Å²) >= 11 is 0. The van der Waals surface area contributed by atoms with Crippen molar-refractivity contribution < 1.29 is 4.74 Å². The highest BCUT2D eigenvalue weighted by atomic mass is 127. The van der Waals surface area contributed by atoms with Crippen LogP contribution in [0.4, 0.5) is 0 Å². The smallest absolute Gasteiger partial charge is 0.194 e. The molecule has 156 valence electrons. The van der Waals surface area contributed by atoms with Crippen LogP contribution < -0.4 is 5.32 Å². The van der Waals surface area contributed by atoms with Gasteiger partial charge in [0.1, 0.15) is 12.2 Å². The van der Waals surface area contributed by atoms with Crippen molar-refractivity contribution in [2.24, 2.45) is 16.3 Å². The van der Waals surface area contributed by atoms with Gasteiger partial charge >= 0.3 is 0 Å². The third-order valence-electron chi connectivity index (χ3n) is 7.49. The fourth-order valence-corrected chi connectivity index (χ4v) is 6.21. The Morgan fingerprint density at radius 1 is 1.32 bits per heavy atom. The van der Waals surface area contributed by atoms with E-state index in [4.69, 9.17) is 9.73 Å². The number of aliphatic imine (C=N–C) groups is 1. The zero-order valence-corrected chi connectivity index (χ0v) is 19.1. The van der Waals surface area contributed by atoms with E-state index in [0.717, 1.165) is 50.9 Å². The van der Waals surface area contributed by atoms with E-state index in [2.05, 4.69) is 32.3 Å². The topological polar surface area (TPSA) is 78.4 Å². The van der Waals surface area contributed by atoms with E-state index in [0.29, 0.717) is 29.4 Å². The van der Waals surface area contributed by atoms with E-state index in [9.17, 15) is 0 Å². The van der Waals surface area contributed by atoms with Crippen LogP contribution in [0.1, 0.15) is 63.6 Å². The molecule has 7 nitrogen and oxygen atoms in total. The lowest BCUT2D eigenvalue weighted by molar-refractivity contribution is -0.125. The van der Waals surface area contributed by atoms with Gasteiger partial charge in [-0.1, -0.05) is 12.8 Å². The average Bonchev–Trinajstić information content (AvgIpc) is 3.46. The first kappa shape index (κ1) is 20.4. The Hall–Kier alpha value is -0.900. The molecule has 2 N–H and O–H groups in total. The van der Waals surface area contributed by atoms with E-state index >= 15 is 0 Å². The van der Waals surface area contributed by atoms with Crippen LogP contribution in [0.25, 0.3) is 0 Å². The van der Waals surface area contributed by atoms with E-state index in [-0.39, 0.29) is 24.0 Å². The number of rotatable bonds is 3. The number of hydrogen-bond acceptors (Lipinski definition) is 4. The van der Waals surface area contributed by atoms with Crippen LogP contribution in [-0.2, 0) is 4.74 Å². The molecule has 2 saturated heterocycles. The number of ether oxygens (including phenoxy) is 1. The van der Waals surface area contributed by atoms with E-state index < -0.39 is 0 Å². The van der Waals surface area contributed by atoms with Gasteiger partial charge in [0.05, 0.1) is 6.10 Å². The second-order valence-electron chi connectivity index (χ2n) is 8.74. The highest BCUT2D eigenvalue weighted by Gasteiger charge is 2.65. The highest BCUT2D eigenvalue weighted by molar-refractivity contribution is 14.0. The third-order valence-corrected chi connectivity index (χ3v) is 7.49. The number of hydrogen-bond donors (Lipinski definition) is 2. The van der Waals surface area contributed by atoms with Gasteiger partial charge in [-0.25, -0.2) is 4.98 Å². The summed E-state index contributed by atoms with van der Waals surface area (Å²) in [6.07, 6.45) is 10.9. The molecule has 3 unspecified atom stereocenters. The zero-order valence-electron chi connectivity index (χ0n) is 16.8. The van der Waals surface area contributed by atoms with Crippen LogP contribution >= 0.6 is 24.0 Å². The molecule has 1 aromatic heterocycles. The predicted molar refractivity (Wildman–Crippen MR) is 119 cm³/mol. The molecule has 4 fully saturated rings. The standard InChI is InChI=1S/C20H32N6O.HI/c1-2-21-19(26-10-5-14(6-11-26)18-22-13-23-25-18)24-16-15-7-12-27-17(15)20(16)8-3-4-9-20;/h13-17H,2-12H2,1H3,(H,21,24)(H,22,23,25);1H. The molecule has 0 bridgehead atoms. The van der Waals surface area contributed by atoms with Crippen molar-refractivity contribution in [3.05, 3.63) is 12.2 Å². The van der Waals surface area contributed by atoms with E-state index in [1.54, 1.807) is 6.33 Å². The first-order valence-electron chi connectivity index (χ1n) is 10.8. The summed E-state index contributed by atoms with van der Waals surface area (Å²) in [5.41, 5.74) is 0.369. The molecule has 8 heteroatoms. The Morgan fingerprint density at radius 2 is 2.11 bits per heavy atom. The number of likely N-dealkylation sites (tertiary alicyclic amines) is 1. The highest BCUT2D eigenvalue weighted by Crippen LogP contribution is 2.60. The molecule has 2 aliphatic carbocycles. The quantitative estimate of drug-likeness (QED) is 0.379. The van der Waals surface area contributed by atoms with Gasteiger partial charge in [-0.05, 0) is 39.0 Å². The van der Waals surface area contributed by atoms with Crippen molar-refractivity contribution in [3.8, 4) is 0 Å². The van der Waals surface area contributed by atoms with Crippen molar-refractivity contribution in [1.29, 1.82) is 0 Å². The molecule has 3 atom stereocenters. The number of guanidine groups is 1. The maximum Gasteiger partial charge on any atom is 0.194 e. The maximum atomic E-state index is 6.15. The molecule has 1 aromatic rings. The van der Waals surface area contributed by atoms with Gasteiger partial charge < -0.3 is 15.0 Å². The first-order chi connectivity index (χ1) is 13.3. The summed E-state index contributed by atoms with van der Waals surface area (Å²) in [5.74, 6) is 3.32. The van der Waals surface area contributed by atoms with Gasteiger partial charge in [-0.15, -0.1) is 24.0 Å². The predicted octanol–water partition coefficient (Wildman–Crippen LogP) is 2.92. The lowest BCUT2D eigenvalue weighted by Crippen LogP contribution is -2.69. The van der Waals surface area contributed by atoms with Gasteiger partial charge in [0.25, 0.3) is 0 Å². The van der Waals surface area contributed by atoms with E-state index in [1.165, 1.54) is 32.1 Å². The van der Waals surface area contributed by atoms with Crippen LogP contribution in [0, 0.1) is 11.3 Å². The Kier molecular flexibility index (Phi) is 6.15. The molecule has 1 spiro atoms. The first-order valence-corrected chi connectivity index (χ1v) is 10.8. The number of aromatic amines is 1. The molecule has 0 aromatic carbocycles. The normalized spacial score (nSPS) is 32.1. The van der Waals surface area contributed by atoms with Crippen molar-refractivity contribution in [1.82, 2.24) is 25.4 Å². The number of aromatic nitrogens is 3. The van der Waals surface area contributed by atoms with E-state index in [1.807, 2.05) is 0 Å². The molecule has 2 aliphatic heterocycles. The fraction of sp³-hybridized carbons (Fsp3) is 0.850. The van der Waals surface area contributed by atoms with Crippen molar-refractivity contribution in [2.45, 2.75) is 69.9 Å². The number of nitrogens with zero attached hydrogens (tertiary/aromatic N) is 4. The lowest BCUT2D eigenvalue weighted by atomic mass is 9.54. The van der Waals surface area contributed by atoms with Crippen LogP contribution in [-0.4, -0.2) is 64.4 Å². The van der Waals surface area contributed by atoms with Gasteiger partial charge in [0.2, 0.25) is 0 Å².